The number of benzene rings is 2. The number of nitrogens with zero attached hydrogens (tertiary/aromatic N) is 6. The number of hydrogen-bond acceptors (Lipinski definition) is 8. The normalized spacial score (nSPS) is 10.4. The van der Waals surface area contributed by atoms with Gasteiger partial charge in [-0.25, -0.2) is 14.4 Å². The van der Waals surface area contributed by atoms with Gasteiger partial charge in [-0.15, -0.1) is 0 Å². The fourth-order valence-corrected chi connectivity index (χ4v) is 4.86. The molecular weight excluding hydrogens is 595 g/mol. The van der Waals surface area contributed by atoms with Gasteiger partial charge >= 0.3 is 11.8 Å². The topological polar surface area (TPSA) is 118 Å². The molecule has 228 valence electrons. The van der Waals surface area contributed by atoms with Crippen LogP contribution in [0.4, 0.5) is 10.1 Å². The molecule has 0 radical (unpaired) electrons. The molecular formula is C37H26FN6O3+. The molecule has 2 aromatic carbocycles. The Morgan fingerprint density at radius 3 is 2.04 bits per heavy atom. The van der Waals surface area contributed by atoms with Gasteiger partial charge in [0, 0.05) is 41.2 Å². The van der Waals surface area contributed by atoms with Crippen LogP contribution in [0.3, 0.4) is 0 Å². The lowest BCUT2D eigenvalue weighted by Crippen LogP contribution is -2.06. The molecule has 0 aliphatic heterocycles. The molecule has 6 rings (SSSR count). The third kappa shape index (κ3) is 6.79. The minimum Gasteiger partial charge on any atom is -0.480 e. The van der Waals surface area contributed by atoms with Crippen molar-refractivity contribution in [3.8, 4) is 68.9 Å². The van der Waals surface area contributed by atoms with E-state index in [-0.39, 0.29) is 30.8 Å². The third-order valence-electron chi connectivity index (χ3n) is 7.09. The molecule has 9 nitrogen and oxygen atoms in total. The Morgan fingerprint density at radius 2 is 1.40 bits per heavy atom. The van der Waals surface area contributed by atoms with Crippen LogP contribution in [0.5, 0.6) is 11.8 Å². The summed E-state index contributed by atoms with van der Waals surface area (Å²) in [6.07, 6.45) is 3.33. The van der Waals surface area contributed by atoms with Gasteiger partial charge in [0.05, 0.1) is 36.5 Å². The number of pyridine rings is 4. The second kappa shape index (κ2) is 14.1. The van der Waals surface area contributed by atoms with Crippen molar-refractivity contribution >= 4 is 5.69 Å². The van der Waals surface area contributed by atoms with Crippen molar-refractivity contribution in [1.82, 2.24) is 19.9 Å². The zero-order chi connectivity index (χ0) is 32.6. The molecule has 0 atom stereocenters. The molecule has 10 heteroatoms. The lowest BCUT2D eigenvalue weighted by molar-refractivity contribution is 0.196. The van der Waals surface area contributed by atoms with E-state index in [2.05, 4.69) is 36.9 Å². The second-order valence-corrected chi connectivity index (χ2v) is 10.1. The molecule has 1 N–H and O–H groups in total. The molecule has 0 bridgehead atoms. The number of hydrogen-bond donors (Lipinski definition) is 1. The van der Waals surface area contributed by atoms with Crippen LogP contribution in [0.1, 0.15) is 11.1 Å². The van der Waals surface area contributed by atoms with Crippen LogP contribution in [-0.4, -0.2) is 45.4 Å². The summed E-state index contributed by atoms with van der Waals surface area (Å²) in [6.45, 7) is -0.234. The van der Waals surface area contributed by atoms with Crippen LogP contribution in [0.2, 0.25) is 0 Å². The van der Waals surface area contributed by atoms with Crippen LogP contribution in [0.25, 0.3) is 49.9 Å². The van der Waals surface area contributed by atoms with E-state index in [1.807, 2.05) is 48.5 Å². The summed E-state index contributed by atoms with van der Waals surface area (Å²) >= 11 is 0. The zero-order valence-corrected chi connectivity index (χ0v) is 25.1. The molecule has 0 saturated carbocycles. The average molecular weight is 622 g/mol. The first kappa shape index (κ1) is 30.5. The summed E-state index contributed by atoms with van der Waals surface area (Å²) in [5, 5.41) is 19.3. The van der Waals surface area contributed by atoms with Crippen molar-refractivity contribution in [2.45, 2.75) is 0 Å². The van der Waals surface area contributed by atoms with Crippen molar-refractivity contribution in [3.05, 3.63) is 131 Å². The first-order valence-corrected chi connectivity index (χ1v) is 14.5. The largest absolute Gasteiger partial charge is 0.480 e. The summed E-state index contributed by atoms with van der Waals surface area (Å²) in [5.41, 5.74) is 6.37. The quantitative estimate of drug-likeness (QED) is 0.188. The molecule has 0 spiro atoms. The molecule has 47 heavy (non-hydrogen) atoms. The standard InChI is InChI=1S/C37H26FN6O3/c1-46-36-30(22-39)29(32-6-2-4-16-40-32)21-34(43-36)25-10-14-27(15-11-25)42-23-31-28(24-8-12-26(38)13-9-24)20-35(33-7-3-5-17-41-33)44-37(31)47-19-18-45/h2-17,20-21,45H,18-19H2,1H3/q+1. The monoisotopic (exact) mass is 621 g/mol. The molecule has 6 aromatic rings. The van der Waals surface area contributed by atoms with Crippen LogP contribution in [-0.2, 0) is 0 Å². The SMILES string of the molecule is COc1nc(-c2ccc([N+]#Cc3c(-c4ccc(F)cc4)cc(-c4ccccn4)nc3OCCO)cc2)cc(-c2ccccn2)c1C#N. The summed E-state index contributed by atoms with van der Waals surface area (Å²) < 4.78 is 25.2. The van der Waals surface area contributed by atoms with Crippen molar-refractivity contribution < 1.29 is 19.0 Å². The maximum atomic E-state index is 13.9. The number of aliphatic hydroxyl groups excluding tert-OH is 1. The van der Waals surface area contributed by atoms with E-state index in [9.17, 15) is 14.8 Å². The Balaban J connectivity index is 1.41. The Bertz CT molecular complexity index is 2130. The van der Waals surface area contributed by atoms with Crippen molar-refractivity contribution in [3.63, 3.8) is 0 Å². The zero-order valence-electron chi connectivity index (χ0n) is 25.1. The molecule has 0 aliphatic rings. The molecule has 0 saturated heterocycles. The minimum absolute atomic E-state index is 0.00749. The van der Waals surface area contributed by atoms with Crippen molar-refractivity contribution in [2.75, 3.05) is 20.3 Å². The fourth-order valence-electron chi connectivity index (χ4n) is 4.86. The van der Waals surface area contributed by atoms with Crippen molar-refractivity contribution in [2.24, 2.45) is 0 Å². The van der Waals surface area contributed by atoms with Gasteiger partial charge in [0.2, 0.25) is 11.8 Å². The minimum atomic E-state index is -0.370. The van der Waals surface area contributed by atoms with E-state index in [1.165, 1.54) is 19.2 Å². The van der Waals surface area contributed by atoms with E-state index < -0.39 is 0 Å². The van der Waals surface area contributed by atoms with Gasteiger partial charge in [-0.2, -0.15) is 5.26 Å². The molecule has 0 fully saturated rings. The Kier molecular flexibility index (Phi) is 9.15. The number of rotatable bonds is 8. The third-order valence-corrected chi connectivity index (χ3v) is 7.09. The Labute approximate surface area is 270 Å². The number of ether oxygens (including phenoxy) is 2. The highest BCUT2D eigenvalue weighted by Crippen LogP contribution is 2.35. The summed E-state index contributed by atoms with van der Waals surface area (Å²) in [5.74, 6) is 0.0228. The summed E-state index contributed by atoms with van der Waals surface area (Å²) in [4.78, 5) is 22.7. The van der Waals surface area contributed by atoms with Gasteiger partial charge in [-0.3, -0.25) is 9.97 Å². The van der Waals surface area contributed by atoms with Crippen LogP contribution in [0.15, 0.2) is 109 Å². The highest BCUT2D eigenvalue weighted by Gasteiger charge is 2.21. The molecule has 4 aromatic heterocycles. The number of halogens is 1. The maximum absolute atomic E-state index is 13.9. The first-order valence-electron chi connectivity index (χ1n) is 14.5. The highest BCUT2D eigenvalue weighted by molar-refractivity contribution is 5.79. The highest BCUT2D eigenvalue weighted by atomic mass is 19.1. The average Bonchev–Trinajstić information content (AvgIpc) is 3.13. The molecule has 0 aliphatic carbocycles. The van der Waals surface area contributed by atoms with E-state index in [4.69, 9.17) is 9.47 Å². The Hall–Kier alpha value is -6.49. The number of nitriles is 1. The summed E-state index contributed by atoms with van der Waals surface area (Å²) in [6, 6.07) is 33.2. The van der Waals surface area contributed by atoms with Gasteiger partial charge in [-0.05, 0) is 71.1 Å². The van der Waals surface area contributed by atoms with Crippen LogP contribution in [0, 0.1) is 23.2 Å². The summed E-state index contributed by atoms with van der Waals surface area (Å²) in [7, 11) is 1.47. The maximum Gasteiger partial charge on any atom is 0.340 e. The molecule has 0 unspecified atom stereocenters. The van der Waals surface area contributed by atoms with Crippen LogP contribution >= 0.6 is 0 Å². The number of aromatic nitrogens is 4. The van der Waals surface area contributed by atoms with E-state index >= 15 is 0 Å². The van der Waals surface area contributed by atoms with E-state index in [1.54, 1.807) is 48.8 Å². The first-order chi connectivity index (χ1) is 23.1. The number of methoxy groups -OCH3 is 1. The van der Waals surface area contributed by atoms with Gasteiger partial charge < -0.3 is 14.6 Å². The predicted octanol–water partition coefficient (Wildman–Crippen LogP) is 7.34. The molecule has 4 heterocycles. The van der Waals surface area contributed by atoms with Crippen LogP contribution < -0.4 is 9.47 Å². The van der Waals surface area contributed by atoms with E-state index in [0.717, 1.165) is 5.56 Å². The van der Waals surface area contributed by atoms with Crippen molar-refractivity contribution in [1.29, 1.82) is 5.26 Å². The lowest BCUT2D eigenvalue weighted by Gasteiger charge is -2.11. The van der Waals surface area contributed by atoms with Gasteiger partial charge in [-0.1, -0.05) is 24.3 Å². The Morgan fingerprint density at radius 1 is 0.745 bits per heavy atom. The lowest BCUT2D eigenvalue weighted by atomic mass is 9.99. The smallest absolute Gasteiger partial charge is 0.340 e. The predicted molar refractivity (Wildman–Crippen MR) is 176 cm³/mol. The van der Waals surface area contributed by atoms with Gasteiger partial charge in [0.15, 0.2) is 5.56 Å². The van der Waals surface area contributed by atoms with Gasteiger partial charge in [0.25, 0.3) is 0 Å². The van der Waals surface area contributed by atoms with E-state index in [0.29, 0.717) is 56.3 Å². The number of aliphatic hydroxyl groups is 1. The van der Waals surface area contributed by atoms with Gasteiger partial charge in [0.1, 0.15) is 24.1 Å². The fraction of sp³-hybridized carbons (Fsp3) is 0.0811. The molecule has 0 amide bonds. The second-order valence-electron chi connectivity index (χ2n) is 10.1.